The van der Waals surface area contributed by atoms with Crippen molar-refractivity contribution >= 4 is 5.97 Å². The summed E-state index contributed by atoms with van der Waals surface area (Å²) in [5.41, 5.74) is 1.04. The Kier molecular flexibility index (Phi) is 4.22. The average Bonchev–Trinajstić information content (AvgIpc) is 2.31. The molecule has 1 aromatic carbocycles. The molecule has 0 unspecified atom stereocenters. The molecule has 0 radical (unpaired) electrons. The first-order valence-corrected chi connectivity index (χ1v) is 5.77. The van der Waals surface area contributed by atoms with Gasteiger partial charge in [0.05, 0.1) is 19.6 Å². The lowest BCUT2D eigenvalue weighted by Gasteiger charge is -2.23. The van der Waals surface area contributed by atoms with Crippen LogP contribution in [0, 0.1) is 12.3 Å². The van der Waals surface area contributed by atoms with E-state index in [9.17, 15) is 9.90 Å². The van der Waals surface area contributed by atoms with Crippen molar-refractivity contribution in [2.24, 2.45) is 5.41 Å². The highest BCUT2D eigenvalue weighted by atomic mass is 16.5. The Morgan fingerprint density at radius 1 is 1.28 bits per heavy atom. The van der Waals surface area contributed by atoms with Gasteiger partial charge in [-0.2, -0.15) is 0 Å². The van der Waals surface area contributed by atoms with Crippen LogP contribution in [0.15, 0.2) is 12.1 Å². The molecule has 0 aliphatic rings. The number of hydrogen-bond acceptors (Lipinski definition) is 3. The number of carboxylic acids is 1. The van der Waals surface area contributed by atoms with Crippen molar-refractivity contribution in [3.05, 3.63) is 23.3 Å². The molecule has 0 amide bonds. The Hall–Kier alpha value is -1.71. The van der Waals surface area contributed by atoms with Crippen LogP contribution < -0.4 is 9.47 Å². The number of ether oxygens (including phenoxy) is 2. The van der Waals surface area contributed by atoms with Gasteiger partial charge in [0.2, 0.25) is 0 Å². The van der Waals surface area contributed by atoms with Crippen molar-refractivity contribution in [3.63, 3.8) is 0 Å². The number of carbonyl (C=O) groups is 1. The maximum Gasteiger partial charge on any atom is 0.309 e. The summed E-state index contributed by atoms with van der Waals surface area (Å²) in [5.74, 6) is 0.415. The van der Waals surface area contributed by atoms with E-state index in [-0.39, 0.29) is 0 Å². The maximum atomic E-state index is 11.2. The molecule has 1 N–H and O–H groups in total. The summed E-state index contributed by atoms with van der Waals surface area (Å²) in [6, 6.07) is 3.74. The van der Waals surface area contributed by atoms with E-state index in [4.69, 9.17) is 9.47 Å². The lowest BCUT2D eigenvalue weighted by Crippen LogP contribution is -2.26. The van der Waals surface area contributed by atoms with Crippen LogP contribution in [0.4, 0.5) is 0 Å². The molecule has 0 saturated carbocycles. The van der Waals surface area contributed by atoms with Crippen LogP contribution in [0.5, 0.6) is 11.5 Å². The van der Waals surface area contributed by atoms with Gasteiger partial charge in [-0.1, -0.05) is 6.07 Å². The fourth-order valence-electron chi connectivity index (χ4n) is 1.83. The number of aliphatic carboxylic acids is 1. The van der Waals surface area contributed by atoms with Gasteiger partial charge in [-0.15, -0.1) is 0 Å². The summed E-state index contributed by atoms with van der Waals surface area (Å²) in [6.07, 6.45) is 0.397. The number of aryl methyl sites for hydroxylation is 1. The van der Waals surface area contributed by atoms with Crippen molar-refractivity contribution in [2.45, 2.75) is 27.2 Å². The zero-order valence-electron chi connectivity index (χ0n) is 11.5. The fourth-order valence-corrected chi connectivity index (χ4v) is 1.83. The summed E-state index contributed by atoms with van der Waals surface area (Å²) < 4.78 is 10.6. The van der Waals surface area contributed by atoms with Gasteiger partial charge in [0.15, 0.2) is 11.5 Å². The van der Waals surface area contributed by atoms with Crippen molar-refractivity contribution in [1.29, 1.82) is 0 Å². The third-order valence-electron chi connectivity index (χ3n) is 3.08. The zero-order chi connectivity index (χ0) is 13.9. The summed E-state index contributed by atoms with van der Waals surface area (Å²) in [5, 5.41) is 9.21. The predicted octanol–water partition coefficient (Wildman–Crippen LogP) is 2.67. The molecule has 0 aliphatic carbocycles. The van der Waals surface area contributed by atoms with Gasteiger partial charge in [-0.3, -0.25) is 4.79 Å². The molecule has 0 aromatic heterocycles. The largest absolute Gasteiger partial charge is 0.493 e. The van der Waals surface area contributed by atoms with Crippen molar-refractivity contribution in [3.8, 4) is 11.5 Å². The van der Waals surface area contributed by atoms with Crippen molar-refractivity contribution in [2.75, 3.05) is 14.2 Å². The molecule has 4 nitrogen and oxygen atoms in total. The van der Waals surface area contributed by atoms with Gasteiger partial charge in [-0.05, 0) is 38.8 Å². The van der Waals surface area contributed by atoms with E-state index in [1.54, 1.807) is 28.1 Å². The lowest BCUT2D eigenvalue weighted by atomic mass is 9.84. The third-order valence-corrected chi connectivity index (χ3v) is 3.08. The Balaban J connectivity index is 3.27. The SMILES string of the molecule is COc1ccc(C)c(CC(C)(C)C(=O)O)c1OC. The summed E-state index contributed by atoms with van der Waals surface area (Å²) in [6.45, 7) is 5.34. The van der Waals surface area contributed by atoms with E-state index in [0.717, 1.165) is 11.1 Å². The first-order valence-electron chi connectivity index (χ1n) is 5.77. The number of hydrogen-bond donors (Lipinski definition) is 1. The highest BCUT2D eigenvalue weighted by molar-refractivity contribution is 5.74. The van der Waals surface area contributed by atoms with Crippen LogP contribution in [0.1, 0.15) is 25.0 Å². The standard InChI is InChI=1S/C14H20O4/c1-9-6-7-11(17-4)12(18-5)10(9)8-14(2,3)13(15)16/h6-7H,8H2,1-5H3,(H,15,16). The van der Waals surface area contributed by atoms with Gasteiger partial charge >= 0.3 is 5.97 Å². The van der Waals surface area contributed by atoms with E-state index < -0.39 is 11.4 Å². The Morgan fingerprint density at radius 3 is 2.33 bits per heavy atom. The van der Waals surface area contributed by atoms with E-state index in [1.165, 1.54) is 0 Å². The zero-order valence-corrected chi connectivity index (χ0v) is 11.5. The van der Waals surface area contributed by atoms with Gasteiger partial charge < -0.3 is 14.6 Å². The topological polar surface area (TPSA) is 55.8 Å². The molecule has 0 bridgehead atoms. The Morgan fingerprint density at radius 2 is 1.89 bits per heavy atom. The molecule has 18 heavy (non-hydrogen) atoms. The molecule has 0 spiro atoms. The highest BCUT2D eigenvalue weighted by Crippen LogP contribution is 2.37. The van der Waals surface area contributed by atoms with Crippen LogP contribution in [0.25, 0.3) is 0 Å². The molecule has 4 heteroatoms. The molecule has 0 saturated heterocycles. The van der Waals surface area contributed by atoms with E-state index in [2.05, 4.69) is 0 Å². The molecule has 0 atom stereocenters. The minimum Gasteiger partial charge on any atom is -0.493 e. The highest BCUT2D eigenvalue weighted by Gasteiger charge is 2.30. The molecular formula is C14H20O4. The maximum absolute atomic E-state index is 11.2. The Bertz CT molecular complexity index is 449. The second-order valence-corrected chi connectivity index (χ2v) is 4.96. The minimum absolute atomic E-state index is 0.397. The van der Waals surface area contributed by atoms with E-state index in [1.807, 2.05) is 19.1 Å². The smallest absolute Gasteiger partial charge is 0.309 e. The second-order valence-electron chi connectivity index (χ2n) is 4.96. The van der Waals surface area contributed by atoms with Crippen LogP contribution in [0.3, 0.4) is 0 Å². The number of methoxy groups -OCH3 is 2. The molecule has 0 fully saturated rings. The van der Waals surface area contributed by atoms with Crippen LogP contribution in [0.2, 0.25) is 0 Å². The number of rotatable bonds is 5. The summed E-state index contributed by atoms with van der Waals surface area (Å²) in [7, 11) is 3.13. The number of carboxylic acid groups (broad SMARTS) is 1. The van der Waals surface area contributed by atoms with Gasteiger partial charge in [0, 0.05) is 5.56 Å². The second kappa shape index (κ2) is 5.29. The molecule has 100 valence electrons. The fraction of sp³-hybridized carbons (Fsp3) is 0.500. The normalized spacial score (nSPS) is 11.2. The summed E-state index contributed by atoms with van der Waals surface area (Å²) in [4.78, 5) is 11.2. The van der Waals surface area contributed by atoms with Crippen LogP contribution in [-0.2, 0) is 11.2 Å². The molecule has 0 aliphatic heterocycles. The van der Waals surface area contributed by atoms with Crippen LogP contribution >= 0.6 is 0 Å². The van der Waals surface area contributed by atoms with Crippen LogP contribution in [-0.4, -0.2) is 25.3 Å². The molecule has 1 rings (SSSR count). The molecule has 1 aromatic rings. The monoisotopic (exact) mass is 252 g/mol. The molecule has 0 heterocycles. The third kappa shape index (κ3) is 2.75. The van der Waals surface area contributed by atoms with Gasteiger partial charge in [0.1, 0.15) is 0 Å². The van der Waals surface area contributed by atoms with Gasteiger partial charge in [-0.25, -0.2) is 0 Å². The first kappa shape index (κ1) is 14.4. The van der Waals surface area contributed by atoms with Crippen molar-refractivity contribution in [1.82, 2.24) is 0 Å². The van der Waals surface area contributed by atoms with Gasteiger partial charge in [0.25, 0.3) is 0 Å². The number of benzene rings is 1. The minimum atomic E-state index is -0.843. The molecular weight excluding hydrogens is 232 g/mol. The first-order chi connectivity index (χ1) is 8.33. The quantitative estimate of drug-likeness (QED) is 0.875. The predicted molar refractivity (Wildman–Crippen MR) is 69.4 cm³/mol. The Labute approximate surface area is 108 Å². The lowest BCUT2D eigenvalue weighted by molar-refractivity contribution is -0.146. The van der Waals surface area contributed by atoms with Crippen molar-refractivity contribution < 1.29 is 19.4 Å². The average molecular weight is 252 g/mol. The van der Waals surface area contributed by atoms with E-state index >= 15 is 0 Å². The van der Waals surface area contributed by atoms with E-state index in [0.29, 0.717) is 17.9 Å². The summed E-state index contributed by atoms with van der Waals surface area (Å²) >= 11 is 0.